The fourth-order valence-corrected chi connectivity index (χ4v) is 1.86. The minimum Gasteiger partial charge on any atom is -0.396 e. The second-order valence-corrected chi connectivity index (χ2v) is 3.57. The Morgan fingerprint density at radius 2 is 2.07 bits per heavy atom. The third kappa shape index (κ3) is 2.12. The fourth-order valence-electron chi connectivity index (χ4n) is 1.86. The van der Waals surface area contributed by atoms with Crippen LogP contribution in [0.5, 0.6) is 0 Å². The van der Waals surface area contributed by atoms with Gasteiger partial charge in [0.25, 0.3) is 0 Å². The zero-order valence-electron chi connectivity index (χ0n) is 7.87. The lowest BCUT2D eigenvalue weighted by atomic mass is 9.86. The van der Waals surface area contributed by atoms with E-state index in [2.05, 4.69) is 0 Å². The first-order valence-electron chi connectivity index (χ1n) is 4.68. The van der Waals surface area contributed by atoms with Crippen LogP contribution in [-0.2, 0) is 9.53 Å². The fraction of sp³-hybridized carbons (Fsp3) is 0.889. The molecule has 0 spiro atoms. The molecule has 1 fully saturated rings. The van der Waals surface area contributed by atoms with Gasteiger partial charge >= 0.3 is 0 Å². The summed E-state index contributed by atoms with van der Waals surface area (Å²) in [5.74, 6) is -1.01. The maximum atomic E-state index is 10.6. The van der Waals surface area contributed by atoms with Crippen LogP contribution in [0.15, 0.2) is 0 Å². The number of hydrogen-bond acceptors (Lipinski definition) is 5. The molecule has 3 N–H and O–H groups in total. The van der Waals surface area contributed by atoms with Gasteiger partial charge in [0.05, 0.1) is 25.2 Å². The van der Waals surface area contributed by atoms with E-state index in [1.165, 1.54) is 0 Å². The maximum absolute atomic E-state index is 10.6. The van der Waals surface area contributed by atoms with E-state index >= 15 is 0 Å². The molecule has 0 bridgehead atoms. The van der Waals surface area contributed by atoms with Crippen molar-refractivity contribution >= 4 is 6.29 Å². The smallest absolute Gasteiger partial charge is 0.127 e. The zero-order valence-corrected chi connectivity index (χ0v) is 7.87. The van der Waals surface area contributed by atoms with Gasteiger partial charge < -0.3 is 24.9 Å². The van der Waals surface area contributed by atoms with Crippen LogP contribution in [0.1, 0.15) is 0 Å². The molecule has 4 atom stereocenters. The van der Waals surface area contributed by atoms with Crippen LogP contribution in [0, 0.1) is 17.8 Å². The Hall–Kier alpha value is -0.490. The van der Waals surface area contributed by atoms with E-state index in [9.17, 15) is 4.79 Å². The third-order valence-corrected chi connectivity index (χ3v) is 2.78. The third-order valence-electron chi connectivity index (χ3n) is 2.78. The minimum atomic E-state index is -0.608. The summed E-state index contributed by atoms with van der Waals surface area (Å²) in [6.07, 6.45) is 0.159. The summed E-state index contributed by atoms with van der Waals surface area (Å²) in [6, 6.07) is 0. The number of rotatable bonds is 5. The van der Waals surface area contributed by atoms with E-state index in [1.54, 1.807) is 0 Å². The summed E-state index contributed by atoms with van der Waals surface area (Å²) in [7, 11) is 0. The predicted octanol–water partition coefficient (Wildman–Crippen LogP) is -1.59. The Morgan fingerprint density at radius 3 is 2.50 bits per heavy atom. The molecule has 0 saturated carbocycles. The molecular formula is C9H16O5. The van der Waals surface area contributed by atoms with Crippen LogP contribution in [-0.4, -0.2) is 54.1 Å². The van der Waals surface area contributed by atoms with E-state index in [1.807, 2.05) is 0 Å². The molecule has 0 aromatic rings. The van der Waals surface area contributed by atoms with Crippen LogP contribution in [0.2, 0.25) is 0 Å². The van der Waals surface area contributed by atoms with E-state index in [0.29, 0.717) is 12.9 Å². The second-order valence-electron chi connectivity index (χ2n) is 3.57. The number of hydrogen-bond donors (Lipinski definition) is 3. The molecule has 0 aromatic heterocycles. The van der Waals surface area contributed by atoms with Gasteiger partial charge in [0.1, 0.15) is 6.29 Å². The van der Waals surface area contributed by atoms with Crippen molar-refractivity contribution in [2.24, 2.45) is 17.8 Å². The molecule has 0 aromatic carbocycles. The Morgan fingerprint density at radius 1 is 1.36 bits per heavy atom. The monoisotopic (exact) mass is 204 g/mol. The molecule has 1 aliphatic heterocycles. The highest BCUT2D eigenvalue weighted by molar-refractivity contribution is 5.54. The summed E-state index contributed by atoms with van der Waals surface area (Å²) < 4.78 is 5.29. The average Bonchev–Trinajstić information content (AvgIpc) is 2.62. The van der Waals surface area contributed by atoms with Crippen molar-refractivity contribution in [3.8, 4) is 0 Å². The van der Waals surface area contributed by atoms with Crippen LogP contribution >= 0.6 is 0 Å². The average molecular weight is 204 g/mol. The number of carbonyl (C=O) groups excluding carboxylic acids is 1. The maximum Gasteiger partial charge on any atom is 0.127 e. The number of aliphatic hydroxyl groups is 3. The molecule has 14 heavy (non-hydrogen) atoms. The highest BCUT2D eigenvalue weighted by Crippen LogP contribution is 2.30. The lowest BCUT2D eigenvalue weighted by Gasteiger charge is -2.22. The van der Waals surface area contributed by atoms with Gasteiger partial charge in [0.15, 0.2) is 0 Å². The van der Waals surface area contributed by atoms with Gasteiger partial charge in [-0.1, -0.05) is 0 Å². The Labute approximate surface area is 82.3 Å². The number of aldehydes is 1. The molecule has 4 unspecified atom stereocenters. The molecule has 1 heterocycles. The molecule has 82 valence electrons. The van der Waals surface area contributed by atoms with E-state index < -0.39 is 12.0 Å². The van der Waals surface area contributed by atoms with Crippen molar-refractivity contribution in [3.63, 3.8) is 0 Å². The number of aliphatic hydroxyl groups excluding tert-OH is 3. The van der Waals surface area contributed by atoms with Gasteiger partial charge in [0.2, 0.25) is 0 Å². The summed E-state index contributed by atoms with van der Waals surface area (Å²) in [5.41, 5.74) is 0. The van der Waals surface area contributed by atoms with Gasteiger partial charge in [-0.05, 0) is 0 Å². The quantitative estimate of drug-likeness (QED) is 0.470. The Bertz CT molecular complexity index is 184. The predicted molar refractivity (Wildman–Crippen MR) is 47.5 cm³/mol. The molecule has 5 nitrogen and oxygen atoms in total. The largest absolute Gasteiger partial charge is 0.396 e. The number of ether oxygens (including phenoxy) is 1. The van der Waals surface area contributed by atoms with Crippen molar-refractivity contribution in [3.05, 3.63) is 0 Å². The SMILES string of the molecule is O=CC(CO)C1OCC(CO)C1CO. The lowest BCUT2D eigenvalue weighted by molar-refractivity contribution is -0.117. The van der Waals surface area contributed by atoms with Crippen molar-refractivity contribution in [1.82, 2.24) is 0 Å². The summed E-state index contributed by atoms with van der Waals surface area (Å²) >= 11 is 0. The van der Waals surface area contributed by atoms with Gasteiger partial charge in [-0.2, -0.15) is 0 Å². The van der Waals surface area contributed by atoms with Gasteiger partial charge in [0, 0.05) is 25.0 Å². The van der Waals surface area contributed by atoms with E-state index in [-0.39, 0.29) is 31.7 Å². The van der Waals surface area contributed by atoms with Crippen molar-refractivity contribution in [2.75, 3.05) is 26.4 Å². The lowest BCUT2D eigenvalue weighted by Crippen LogP contribution is -2.34. The van der Waals surface area contributed by atoms with Crippen LogP contribution in [0.4, 0.5) is 0 Å². The molecule has 1 aliphatic rings. The van der Waals surface area contributed by atoms with Gasteiger partial charge in [-0.15, -0.1) is 0 Å². The first-order chi connectivity index (χ1) is 6.78. The van der Waals surface area contributed by atoms with Crippen molar-refractivity contribution < 1.29 is 24.9 Å². The molecule has 5 heteroatoms. The van der Waals surface area contributed by atoms with Crippen LogP contribution < -0.4 is 0 Å². The normalized spacial score (nSPS) is 34.4. The van der Waals surface area contributed by atoms with Crippen molar-refractivity contribution in [1.29, 1.82) is 0 Å². The highest BCUT2D eigenvalue weighted by atomic mass is 16.5. The molecular weight excluding hydrogens is 188 g/mol. The van der Waals surface area contributed by atoms with Gasteiger partial charge in [-0.25, -0.2) is 0 Å². The minimum absolute atomic E-state index is 0.0707. The Kier molecular flexibility index (Phi) is 4.47. The molecule has 1 rings (SSSR count). The zero-order chi connectivity index (χ0) is 10.6. The summed E-state index contributed by atoms with van der Waals surface area (Å²) in [6.45, 7) is -0.168. The molecule has 0 aliphatic carbocycles. The molecule has 0 radical (unpaired) electrons. The van der Waals surface area contributed by atoms with Crippen LogP contribution in [0.25, 0.3) is 0 Å². The van der Waals surface area contributed by atoms with E-state index in [4.69, 9.17) is 20.1 Å². The topological polar surface area (TPSA) is 87.0 Å². The summed E-state index contributed by atoms with van der Waals surface area (Å²) in [4.78, 5) is 10.6. The standard InChI is InChI=1S/C9H16O5/c10-1-6(2-11)9-8(4-13)7(3-12)5-14-9/h1,6-9,11-13H,2-5H2. The molecule has 0 amide bonds. The highest BCUT2D eigenvalue weighted by Gasteiger charge is 2.40. The van der Waals surface area contributed by atoms with Crippen molar-refractivity contribution in [2.45, 2.75) is 6.10 Å². The van der Waals surface area contributed by atoms with Crippen LogP contribution in [0.3, 0.4) is 0 Å². The Balaban J connectivity index is 2.65. The van der Waals surface area contributed by atoms with E-state index in [0.717, 1.165) is 0 Å². The second kappa shape index (κ2) is 5.41. The molecule has 1 saturated heterocycles. The first kappa shape index (κ1) is 11.6. The summed E-state index contributed by atoms with van der Waals surface area (Å²) in [5, 5.41) is 27.0. The first-order valence-corrected chi connectivity index (χ1v) is 4.68. The number of carbonyl (C=O) groups is 1. The van der Waals surface area contributed by atoms with Gasteiger partial charge in [-0.3, -0.25) is 0 Å².